The maximum Gasteiger partial charge on any atom is 0.263 e. The fourth-order valence-electron chi connectivity index (χ4n) is 3.89. The number of para-hydroxylation sites is 1. The molecule has 3 atom stereocenters. The summed E-state index contributed by atoms with van der Waals surface area (Å²) in [6, 6.07) is 9.76. The summed E-state index contributed by atoms with van der Waals surface area (Å²) in [5.74, 6) is 0.665. The molecule has 172 valence electrons. The largest absolute Gasteiger partial charge is 0.479 e. The SMILES string of the molecule is CCN(CC)C(=O)C(C)Oc1cccc2c(C[C@@H](C)NC[C@@H](O)c3cccnc3)c[nH]c12. The normalized spacial score (nSPS) is 14.2. The van der Waals surface area contributed by atoms with Crippen LogP contribution >= 0.6 is 0 Å². The number of fused-ring (bicyclic) bond motifs is 1. The molecule has 7 heteroatoms. The van der Waals surface area contributed by atoms with Crippen LogP contribution in [0.2, 0.25) is 0 Å². The number of likely N-dealkylation sites (N-methyl/N-ethyl adjacent to an activating group) is 1. The summed E-state index contributed by atoms with van der Waals surface area (Å²) < 4.78 is 6.04. The number of pyridine rings is 1. The van der Waals surface area contributed by atoms with Crippen LogP contribution in [0.1, 0.15) is 44.9 Å². The van der Waals surface area contributed by atoms with E-state index in [9.17, 15) is 9.90 Å². The first-order chi connectivity index (χ1) is 15.4. The quantitative estimate of drug-likeness (QED) is 0.427. The van der Waals surface area contributed by atoms with Crippen molar-refractivity contribution in [2.45, 2.75) is 52.4 Å². The molecule has 0 saturated carbocycles. The molecular weight excluding hydrogens is 404 g/mol. The van der Waals surface area contributed by atoms with E-state index in [1.165, 1.54) is 0 Å². The standard InChI is InChI=1S/C25H34N4O3/c1-5-29(6-2)25(31)18(4)32-23-11-7-10-21-20(15-28-24(21)23)13-17(3)27-16-22(30)19-9-8-12-26-14-19/h7-12,14-15,17-18,22,27-28,30H,5-6,13,16H2,1-4H3/t17-,18?,22-/m1/s1. The zero-order chi connectivity index (χ0) is 23.1. The highest BCUT2D eigenvalue weighted by atomic mass is 16.5. The Labute approximate surface area is 189 Å². The number of carbonyl (C=O) groups excluding carboxylic acids is 1. The number of benzene rings is 1. The third-order valence-corrected chi connectivity index (χ3v) is 5.74. The van der Waals surface area contributed by atoms with E-state index in [1.54, 1.807) is 24.2 Å². The van der Waals surface area contributed by atoms with Gasteiger partial charge < -0.3 is 25.0 Å². The van der Waals surface area contributed by atoms with Crippen molar-refractivity contribution in [2.75, 3.05) is 19.6 Å². The fourth-order valence-corrected chi connectivity index (χ4v) is 3.89. The number of ether oxygens (including phenoxy) is 1. The zero-order valence-corrected chi connectivity index (χ0v) is 19.3. The number of aromatic amines is 1. The van der Waals surface area contributed by atoms with Gasteiger partial charge in [0.2, 0.25) is 0 Å². The average Bonchev–Trinajstić information content (AvgIpc) is 3.22. The Morgan fingerprint density at radius 2 is 2.00 bits per heavy atom. The van der Waals surface area contributed by atoms with Crippen LogP contribution in [0.5, 0.6) is 5.75 Å². The second-order valence-electron chi connectivity index (χ2n) is 8.08. The van der Waals surface area contributed by atoms with Crippen molar-refractivity contribution in [3.63, 3.8) is 0 Å². The molecule has 32 heavy (non-hydrogen) atoms. The van der Waals surface area contributed by atoms with Gasteiger partial charge in [-0.05, 0) is 51.8 Å². The number of aliphatic hydroxyl groups excluding tert-OH is 1. The fraction of sp³-hybridized carbons (Fsp3) is 0.440. The summed E-state index contributed by atoms with van der Waals surface area (Å²) in [7, 11) is 0. The van der Waals surface area contributed by atoms with Gasteiger partial charge in [-0.15, -0.1) is 0 Å². The molecule has 3 N–H and O–H groups in total. The van der Waals surface area contributed by atoms with E-state index in [4.69, 9.17) is 4.74 Å². The van der Waals surface area contributed by atoms with E-state index in [-0.39, 0.29) is 11.9 Å². The van der Waals surface area contributed by atoms with Crippen LogP contribution in [0.3, 0.4) is 0 Å². The molecule has 2 heterocycles. The van der Waals surface area contributed by atoms with Crippen molar-refractivity contribution < 1.29 is 14.6 Å². The number of hydrogen-bond donors (Lipinski definition) is 3. The van der Waals surface area contributed by atoms with Crippen molar-refractivity contribution in [1.82, 2.24) is 20.2 Å². The molecule has 1 aromatic carbocycles. The van der Waals surface area contributed by atoms with E-state index >= 15 is 0 Å². The molecule has 0 fully saturated rings. The summed E-state index contributed by atoms with van der Waals surface area (Å²) in [5, 5.41) is 14.8. The van der Waals surface area contributed by atoms with Gasteiger partial charge in [0.1, 0.15) is 5.75 Å². The Kier molecular flexibility index (Phi) is 8.25. The first-order valence-electron chi connectivity index (χ1n) is 11.3. The van der Waals surface area contributed by atoms with Crippen LogP contribution in [-0.2, 0) is 11.2 Å². The molecule has 0 saturated heterocycles. The van der Waals surface area contributed by atoms with Crippen LogP contribution < -0.4 is 10.1 Å². The molecule has 0 spiro atoms. The van der Waals surface area contributed by atoms with E-state index < -0.39 is 12.2 Å². The smallest absolute Gasteiger partial charge is 0.263 e. The number of amides is 1. The van der Waals surface area contributed by atoms with Crippen molar-refractivity contribution in [3.8, 4) is 5.75 Å². The Bertz CT molecular complexity index is 1000. The third-order valence-electron chi connectivity index (χ3n) is 5.74. The van der Waals surface area contributed by atoms with Gasteiger partial charge in [0, 0.05) is 55.2 Å². The lowest BCUT2D eigenvalue weighted by Crippen LogP contribution is -2.40. The summed E-state index contributed by atoms with van der Waals surface area (Å²) in [6.07, 6.45) is 5.01. The lowest BCUT2D eigenvalue weighted by Gasteiger charge is -2.23. The highest BCUT2D eigenvalue weighted by molar-refractivity contribution is 5.89. The Balaban J connectivity index is 1.64. The molecule has 3 rings (SSSR count). The summed E-state index contributed by atoms with van der Waals surface area (Å²) in [5.41, 5.74) is 2.85. The van der Waals surface area contributed by atoms with Crippen molar-refractivity contribution in [3.05, 3.63) is 60.0 Å². The maximum absolute atomic E-state index is 12.6. The lowest BCUT2D eigenvalue weighted by atomic mass is 10.1. The number of carbonyl (C=O) groups is 1. The van der Waals surface area contributed by atoms with Gasteiger partial charge in [0.05, 0.1) is 11.6 Å². The molecule has 3 aromatic rings. The van der Waals surface area contributed by atoms with Crippen LogP contribution in [0, 0.1) is 0 Å². The summed E-state index contributed by atoms with van der Waals surface area (Å²) in [6.45, 7) is 9.62. The average molecular weight is 439 g/mol. The number of hydrogen-bond acceptors (Lipinski definition) is 5. The summed E-state index contributed by atoms with van der Waals surface area (Å²) in [4.78, 5) is 21.7. The number of H-pyrrole nitrogens is 1. The number of nitrogens with zero attached hydrogens (tertiary/aromatic N) is 2. The summed E-state index contributed by atoms with van der Waals surface area (Å²) >= 11 is 0. The first-order valence-corrected chi connectivity index (χ1v) is 11.3. The molecular formula is C25H34N4O3. The predicted molar refractivity (Wildman–Crippen MR) is 127 cm³/mol. The topological polar surface area (TPSA) is 90.5 Å². The molecule has 0 radical (unpaired) electrons. The van der Waals surface area contributed by atoms with Crippen LogP contribution in [0.25, 0.3) is 10.9 Å². The molecule has 0 aliphatic carbocycles. The van der Waals surface area contributed by atoms with Crippen LogP contribution in [-0.4, -0.2) is 57.7 Å². The number of aliphatic hydroxyl groups is 1. The first kappa shape index (κ1) is 23.8. The van der Waals surface area contributed by atoms with E-state index in [1.807, 2.05) is 44.3 Å². The van der Waals surface area contributed by atoms with Gasteiger partial charge >= 0.3 is 0 Å². The van der Waals surface area contributed by atoms with Crippen LogP contribution in [0.4, 0.5) is 0 Å². The Morgan fingerprint density at radius 1 is 1.22 bits per heavy atom. The maximum atomic E-state index is 12.6. The van der Waals surface area contributed by atoms with Gasteiger partial charge in [-0.25, -0.2) is 0 Å². The monoisotopic (exact) mass is 438 g/mol. The molecule has 0 bridgehead atoms. The van der Waals surface area contributed by atoms with Gasteiger partial charge in [-0.3, -0.25) is 9.78 Å². The number of aromatic nitrogens is 2. The molecule has 1 unspecified atom stereocenters. The van der Waals surface area contributed by atoms with Crippen molar-refractivity contribution >= 4 is 16.8 Å². The molecule has 1 amide bonds. The molecule has 2 aromatic heterocycles. The zero-order valence-electron chi connectivity index (χ0n) is 19.3. The minimum absolute atomic E-state index is 0.0104. The highest BCUT2D eigenvalue weighted by Gasteiger charge is 2.21. The van der Waals surface area contributed by atoms with Gasteiger partial charge in [-0.1, -0.05) is 18.2 Å². The van der Waals surface area contributed by atoms with E-state index in [2.05, 4.69) is 28.3 Å². The van der Waals surface area contributed by atoms with Crippen molar-refractivity contribution in [2.24, 2.45) is 0 Å². The number of nitrogens with one attached hydrogen (secondary N) is 2. The molecule has 0 aliphatic heterocycles. The Morgan fingerprint density at radius 3 is 2.69 bits per heavy atom. The van der Waals surface area contributed by atoms with Crippen LogP contribution in [0.15, 0.2) is 48.9 Å². The van der Waals surface area contributed by atoms with Gasteiger partial charge in [-0.2, -0.15) is 0 Å². The molecule has 7 nitrogen and oxygen atoms in total. The Hall–Kier alpha value is -2.90. The van der Waals surface area contributed by atoms with Gasteiger partial charge in [0.15, 0.2) is 6.10 Å². The third kappa shape index (κ3) is 5.66. The highest BCUT2D eigenvalue weighted by Crippen LogP contribution is 2.29. The van der Waals surface area contributed by atoms with Crippen molar-refractivity contribution in [1.29, 1.82) is 0 Å². The second-order valence-corrected chi connectivity index (χ2v) is 8.08. The van der Waals surface area contributed by atoms with E-state index in [0.29, 0.717) is 25.4 Å². The number of rotatable bonds is 11. The lowest BCUT2D eigenvalue weighted by molar-refractivity contribution is -0.137. The van der Waals surface area contributed by atoms with Gasteiger partial charge in [0.25, 0.3) is 5.91 Å². The molecule has 0 aliphatic rings. The second kappa shape index (κ2) is 11.1. The van der Waals surface area contributed by atoms with E-state index in [0.717, 1.165) is 28.5 Å². The minimum Gasteiger partial charge on any atom is -0.479 e. The minimum atomic E-state index is -0.598. The predicted octanol–water partition coefficient (Wildman–Crippen LogP) is 3.45.